The van der Waals surface area contributed by atoms with Gasteiger partial charge in [-0.15, -0.1) is 0 Å². The van der Waals surface area contributed by atoms with Gasteiger partial charge >= 0.3 is 12.1 Å². The second-order valence-corrected chi connectivity index (χ2v) is 8.70. The van der Waals surface area contributed by atoms with Crippen molar-refractivity contribution in [2.75, 3.05) is 38.4 Å². The Labute approximate surface area is 211 Å². The molecule has 3 rings (SSSR count). The van der Waals surface area contributed by atoms with Gasteiger partial charge in [0.05, 0.1) is 37.6 Å². The number of fused-ring (bicyclic) bond motifs is 2. The summed E-state index contributed by atoms with van der Waals surface area (Å²) in [4.78, 5) is 40.7. The quantitative estimate of drug-likeness (QED) is 0.276. The fraction of sp³-hybridized carbons (Fsp3) is 0.577. The number of aliphatic hydroxyl groups is 1. The molecule has 2 unspecified atom stereocenters. The van der Waals surface area contributed by atoms with Gasteiger partial charge in [-0.05, 0) is 51.5 Å². The first-order valence-electron chi connectivity index (χ1n) is 12.5. The van der Waals surface area contributed by atoms with E-state index in [9.17, 15) is 19.5 Å². The Morgan fingerprint density at radius 3 is 2.69 bits per heavy atom. The fourth-order valence-electron chi connectivity index (χ4n) is 4.55. The molecule has 0 saturated carbocycles. The number of unbranched alkanes of at least 4 members (excludes halogenated alkanes) is 2. The largest absolute Gasteiger partial charge is 0.493 e. The first kappa shape index (κ1) is 27.3. The number of hydrogen-bond acceptors (Lipinski definition) is 8. The van der Waals surface area contributed by atoms with E-state index in [-0.39, 0.29) is 29.7 Å². The third-order valence-corrected chi connectivity index (χ3v) is 6.30. The highest BCUT2D eigenvalue weighted by atomic mass is 16.6. The molecule has 2 amide bonds. The van der Waals surface area contributed by atoms with Crippen LogP contribution in [0.25, 0.3) is 0 Å². The van der Waals surface area contributed by atoms with Crippen molar-refractivity contribution >= 4 is 23.7 Å². The van der Waals surface area contributed by atoms with Gasteiger partial charge in [0.15, 0.2) is 17.7 Å². The maximum atomic E-state index is 13.5. The standard InChI is InChI=1S/C26H36N2O8/c1-4-14-36-26(32)28-20-17-22(35-15-10-6-7-12-23(29)34-5-2)21(33-3)16-18(20)24(30)27-13-9-8-11-19(27)25(28)31/h4,16-17,19,25,31H,1,5-15H2,2-3H3. The van der Waals surface area contributed by atoms with Crippen LogP contribution in [0.2, 0.25) is 0 Å². The summed E-state index contributed by atoms with van der Waals surface area (Å²) in [7, 11) is 1.48. The third kappa shape index (κ3) is 6.29. The van der Waals surface area contributed by atoms with Crippen LogP contribution in [-0.2, 0) is 14.3 Å². The number of rotatable bonds is 11. The molecule has 0 spiro atoms. The van der Waals surface area contributed by atoms with E-state index in [1.807, 2.05) is 0 Å². The topological polar surface area (TPSA) is 115 Å². The Morgan fingerprint density at radius 2 is 1.97 bits per heavy atom. The van der Waals surface area contributed by atoms with Crippen LogP contribution in [0.4, 0.5) is 10.5 Å². The van der Waals surface area contributed by atoms with Crippen LogP contribution in [0.15, 0.2) is 24.8 Å². The van der Waals surface area contributed by atoms with Crippen LogP contribution in [-0.4, -0.2) is 73.7 Å². The Balaban J connectivity index is 1.84. The van der Waals surface area contributed by atoms with Gasteiger partial charge in [0.1, 0.15) is 6.61 Å². The monoisotopic (exact) mass is 504 g/mol. The smallest absolute Gasteiger partial charge is 0.416 e. The van der Waals surface area contributed by atoms with Gasteiger partial charge in [-0.25, -0.2) is 9.69 Å². The van der Waals surface area contributed by atoms with E-state index in [0.717, 1.165) is 24.2 Å². The zero-order valence-electron chi connectivity index (χ0n) is 21.1. The van der Waals surface area contributed by atoms with Crippen LogP contribution in [0.3, 0.4) is 0 Å². The molecule has 2 aliphatic rings. The minimum absolute atomic E-state index is 0.0367. The summed E-state index contributed by atoms with van der Waals surface area (Å²) in [5.74, 6) is 0.186. The lowest BCUT2D eigenvalue weighted by Gasteiger charge is -2.38. The molecule has 10 heteroatoms. The minimum Gasteiger partial charge on any atom is -0.493 e. The van der Waals surface area contributed by atoms with Gasteiger partial charge < -0.3 is 29.0 Å². The van der Waals surface area contributed by atoms with E-state index < -0.39 is 18.4 Å². The number of methoxy groups -OCH3 is 1. The van der Waals surface area contributed by atoms with Crippen LogP contribution in [0.5, 0.6) is 11.5 Å². The Bertz CT molecular complexity index is 950. The van der Waals surface area contributed by atoms with Gasteiger partial charge in [0, 0.05) is 19.0 Å². The molecule has 10 nitrogen and oxygen atoms in total. The summed E-state index contributed by atoms with van der Waals surface area (Å²) >= 11 is 0. The molecule has 198 valence electrons. The number of ether oxygens (including phenoxy) is 4. The van der Waals surface area contributed by atoms with E-state index in [2.05, 4.69) is 6.58 Å². The van der Waals surface area contributed by atoms with E-state index in [0.29, 0.717) is 56.9 Å². The summed E-state index contributed by atoms with van der Waals surface area (Å²) < 4.78 is 21.6. The molecule has 2 heterocycles. The van der Waals surface area contributed by atoms with Crippen LogP contribution in [0.1, 0.15) is 62.2 Å². The summed E-state index contributed by atoms with van der Waals surface area (Å²) in [6.07, 6.45) is 4.09. The van der Waals surface area contributed by atoms with Crippen LogP contribution >= 0.6 is 0 Å². The molecule has 1 aromatic carbocycles. The minimum atomic E-state index is -1.28. The number of aliphatic hydroxyl groups excluding tert-OH is 1. The molecule has 36 heavy (non-hydrogen) atoms. The highest BCUT2D eigenvalue weighted by Crippen LogP contribution is 2.41. The molecule has 0 bridgehead atoms. The summed E-state index contributed by atoms with van der Waals surface area (Å²) in [6.45, 7) is 6.50. The molecular formula is C26H36N2O8. The molecular weight excluding hydrogens is 468 g/mol. The molecule has 1 saturated heterocycles. The average Bonchev–Trinajstić information content (AvgIpc) is 2.97. The molecule has 1 fully saturated rings. The highest BCUT2D eigenvalue weighted by Gasteiger charge is 2.44. The van der Waals surface area contributed by atoms with Crippen LogP contribution < -0.4 is 14.4 Å². The number of nitrogens with zero attached hydrogens (tertiary/aromatic N) is 2. The number of esters is 1. The molecule has 0 aliphatic carbocycles. The molecule has 2 atom stereocenters. The van der Waals surface area contributed by atoms with Crippen molar-refractivity contribution in [3.05, 3.63) is 30.4 Å². The number of benzene rings is 1. The molecule has 1 aromatic rings. The highest BCUT2D eigenvalue weighted by molar-refractivity contribution is 6.05. The number of hydrogen-bond donors (Lipinski definition) is 1. The summed E-state index contributed by atoms with van der Waals surface area (Å²) in [6, 6.07) is 2.54. The van der Waals surface area contributed by atoms with E-state index in [4.69, 9.17) is 18.9 Å². The molecule has 1 N–H and O–H groups in total. The molecule has 0 aromatic heterocycles. The van der Waals surface area contributed by atoms with Gasteiger partial charge in [0.25, 0.3) is 5.91 Å². The van der Waals surface area contributed by atoms with E-state index >= 15 is 0 Å². The first-order valence-corrected chi connectivity index (χ1v) is 12.5. The number of carbonyl (C=O) groups is 3. The Hall–Kier alpha value is -3.27. The van der Waals surface area contributed by atoms with Crippen molar-refractivity contribution in [2.45, 2.75) is 64.1 Å². The third-order valence-electron chi connectivity index (χ3n) is 6.30. The van der Waals surface area contributed by atoms with Crippen molar-refractivity contribution < 1.29 is 38.4 Å². The van der Waals surface area contributed by atoms with Crippen molar-refractivity contribution in [1.82, 2.24) is 4.90 Å². The predicted molar refractivity (Wildman–Crippen MR) is 132 cm³/mol. The van der Waals surface area contributed by atoms with Crippen molar-refractivity contribution in [2.24, 2.45) is 0 Å². The fourth-order valence-corrected chi connectivity index (χ4v) is 4.55. The lowest BCUT2D eigenvalue weighted by atomic mass is 10.0. The van der Waals surface area contributed by atoms with Gasteiger partial charge in [-0.2, -0.15) is 0 Å². The van der Waals surface area contributed by atoms with Gasteiger partial charge in [-0.1, -0.05) is 12.7 Å². The lowest BCUT2D eigenvalue weighted by Crippen LogP contribution is -2.55. The molecule has 2 aliphatic heterocycles. The second-order valence-electron chi connectivity index (χ2n) is 8.70. The number of piperidine rings is 1. The Morgan fingerprint density at radius 1 is 1.17 bits per heavy atom. The van der Waals surface area contributed by atoms with Gasteiger partial charge in [-0.3, -0.25) is 9.59 Å². The van der Waals surface area contributed by atoms with Gasteiger partial charge in [0.2, 0.25) is 0 Å². The van der Waals surface area contributed by atoms with E-state index in [1.165, 1.54) is 13.2 Å². The SMILES string of the molecule is C=CCOC(=O)N1c2cc(OCCCCCC(=O)OCC)c(OC)cc2C(=O)N2CCCCC2C1O. The van der Waals surface area contributed by atoms with Crippen molar-refractivity contribution in [3.8, 4) is 11.5 Å². The van der Waals surface area contributed by atoms with E-state index in [1.54, 1.807) is 24.0 Å². The average molecular weight is 505 g/mol. The number of carbonyl (C=O) groups excluding carboxylic acids is 3. The first-order chi connectivity index (χ1) is 17.4. The zero-order chi connectivity index (χ0) is 26.1. The van der Waals surface area contributed by atoms with Crippen molar-refractivity contribution in [3.63, 3.8) is 0 Å². The summed E-state index contributed by atoms with van der Waals surface area (Å²) in [5, 5.41) is 11.2. The number of anilines is 1. The second kappa shape index (κ2) is 13.2. The normalized spacial score (nSPS) is 19.0. The maximum Gasteiger partial charge on any atom is 0.416 e. The maximum absolute atomic E-state index is 13.5. The molecule has 0 radical (unpaired) electrons. The lowest BCUT2D eigenvalue weighted by molar-refractivity contribution is -0.143. The Kier molecular flexibility index (Phi) is 9.98. The zero-order valence-corrected chi connectivity index (χ0v) is 21.1. The number of amides is 2. The summed E-state index contributed by atoms with van der Waals surface area (Å²) in [5.41, 5.74) is 0.432. The predicted octanol–water partition coefficient (Wildman–Crippen LogP) is 3.65. The van der Waals surface area contributed by atoms with Crippen molar-refractivity contribution in [1.29, 1.82) is 0 Å². The van der Waals surface area contributed by atoms with Crippen LogP contribution in [0, 0.1) is 0 Å².